The summed E-state index contributed by atoms with van der Waals surface area (Å²) in [4.78, 5) is 11.3. The van der Waals surface area contributed by atoms with Gasteiger partial charge in [-0.1, -0.05) is 19.8 Å². The molecule has 1 aliphatic carbocycles. The van der Waals surface area contributed by atoms with Crippen LogP contribution in [0.2, 0.25) is 0 Å². The minimum atomic E-state index is -1.20. The zero-order valence-electron chi connectivity index (χ0n) is 12.4. The number of hydrogen-bond donors (Lipinski definition) is 3. The Morgan fingerprint density at radius 1 is 1.38 bits per heavy atom. The van der Waals surface area contributed by atoms with Gasteiger partial charge in [0.15, 0.2) is 0 Å². The molecule has 4 nitrogen and oxygen atoms in total. The van der Waals surface area contributed by atoms with E-state index in [1.807, 2.05) is 0 Å². The third-order valence-electron chi connectivity index (χ3n) is 4.31. The predicted molar refractivity (Wildman–Crippen MR) is 82.0 cm³/mol. The van der Waals surface area contributed by atoms with Gasteiger partial charge in [-0.25, -0.2) is 9.18 Å². The molecule has 0 spiro atoms. The van der Waals surface area contributed by atoms with Gasteiger partial charge in [-0.2, -0.15) is 0 Å². The lowest BCUT2D eigenvalue weighted by Gasteiger charge is -2.30. The second-order valence-electron chi connectivity index (χ2n) is 5.84. The molecule has 21 heavy (non-hydrogen) atoms. The topological polar surface area (TPSA) is 75.3 Å². The van der Waals surface area contributed by atoms with Gasteiger partial charge < -0.3 is 16.2 Å². The number of nitrogens with one attached hydrogen (secondary N) is 1. The monoisotopic (exact) mass is 294 g/mol. The standard InChI is InChI=1S/C16H23FN2O2/c1-2-3-10-4-6-11(7-5-10)19-13-9-8-12(17)15(18)14(13)16(20)21/h8-11,19H,2-7,18H2,1H3,(H,20,21). The fourth-order valence-corrected chi connectivity index (χ4v) is 3.17. The second kappa shape index (κ2) is 6.78. The van der Waals surface area contributed by atoms with Gasteiger partial charge in [-0.05, 0) is 43.7 Å². The van der Waals surface area contributed by atoms with Crippen LogP contribution in [0.5, 0.6) is 0 Å². The van der Waals surface area contributed by atoms with Crippen molar-refractivity contribution in [2.75, 3.05) is 11.1 Å². The summed E-state index contributed by atoms with van der Waals surface area (Å²) in [7, 11) is 0. The zero-order chi connectivity index (χ0) is 15.4. The Morgan fingerprint density at radius 2 is 2.05 bits per heavy atom. The zero-order valence-corrected chi connectivity index (χ0v) is 12.4. The molecular formula is C16H23FN2O2. The average molecular weight is 294 g/mol. The minimum Gasteiger partial charge on any atom is -0.478 e. The largest absolute Gasteiger partial charge is 0.478 e. The first-order valence-electron chi connectivity index (χ1n) is 7.60. The Kier molecular flexibility index (Phi) is 5.04. The van der Waals surface area contributed by atoms with Gasteiger partial charge in [0.2, 0.25) is 0 Å². The van der Waals surface area contributed by atoms with E-state index in [0.29, 0.717) is 5.69 Å². The highest BCUT2D eigenvalue weighted by Gasteiger charge is 2.23. The van der Waals surface area contributed by atoms with Crippen molar-refractivity contribution >= 4 is 17.3 Å². The number of halogens is 1. The van der Waals surface area contributed by atoms with E-state index in [0.717, 1.165) is 31.6 Å². The third-order valence-corrected chi connectivity index (χ3v) is 4.31. The average Bonchev–Trinajstić information content (AvgIpc) is 2.45. The highest BCUT2D eigenvalue weighted by atomic mass is 19.1. The third kappa shape index (κ3) is 3.65. The molecule has 5 heteroatoms. The molecule has 116 valence electrons. The number of anilines is 2. The highest BCUT2D eigenvalue weighted by Crippen LogP contribution is 2.32. The number of rotatable bonds is 5. The van der Waals surface area contributed by atoms with Crippen molar-refractivity contribution < 1.29 is 14.3 Å². The Balaban J connectivity index is 2.07. The predicted octanol–water partition coefficient (Wildman–Crippen LogP) is 3.88. The van der Waals surface area contributed by atoms with Crippen LogP contribution in [-0.4, -0.2) is 17.1 Å². The SMILES string of the molecule is CCCC1CCC(Nc2ccc(F)c(N)c2C(=O)O)CC1. The minimum absolute atomic E-state index is 0.161. The molecule has 0 aliphatic heterocycles. The summed E-state index contributed by atoms with van der Waals surface area (Å²) in [6, 6.07) is 2.92. The fraction of sp³-hybridized carbons (Fsp3) is 0.562. The van der Waals surface area contributed by atoms with E-state index in [9.17, 15) is 14.3 Å². The van der Waals surface area contributed by atoms with Crippen LogP contribution in [0.3, 0.4) is 0 Å². The van der Waals surface area contributed by atoms with Crippen LogP contribution in [0.1, 0.15) is 55.8 Å². The van der Waals surface area contributed by atoms with Crippen LogP contribution in [-0.2, 0) is 0 Å². The number of carboxylic acid groups (broad SMARTS) is 1. The lowest BCUT2D eigenvalue weighted by molar-refractivity contribution is 0.0698. The number of nitrogen functional groups attached to an aromatic ring is 1. The number of aromatic carboxylic acids is 1. The molecule has 1 fully saturated rings. The van der Waals surface area contributed by atoms with Crippen molar-refractivity contribution in [3.63, 3.8) is 0 Å². The summed E-state index contributed by atoms with van der Waals surface area (Å²) in [5.74, 6) is -1.11. The number of carbonyl (C=O) groups is 1. The molecule has 1 saturated carbocycles. The summed E-state index contributed by atoms with van der Waals surface area (Å²) in [6.45, 7) is 2.20. The second-order valence-corrected chi connectivity index (χ2v) is 5.84. The molecule has 0 radical (unpaired) electrons. The number of nitrogens with two attached hydrogens (primary N) is 1. The Labute approximate surface area is 124 Å². The van der Waals surface area contributed by atoms with Crippen molar-refractivity contribution in [1.29, 1.82) is 0 Å². The van der Waals surface area contributed by atoms with Gasteiger partial charge in [-0.3, -0.25) is 0 Å². The van der Waals surface area contributed by atoms with Crippen molar-refractivity contribution in [2.24, 2.45) is 5.92 Å². The van der Waals surface area contributed by atoms with Crippen molar-refractivity contribution in [2.45, 2.75) is 51.5 Å². The molecule has 1 aliphatic rings. The van der Waals surface area contributed by atoms with E-state index in [-0.39, 0.29) is 17.3 Å². The van der Waals surface area contributed by atoms with Crippen LogP contribution in [0, 0.1) is 11.7 Å². The van der Waals surface area contributed by atoms with E-state index < -0.39 is 11.8 Å². The number of hydrogen-bond acceptors (Lipinski definition) is 3. The summed E-state index contributed by atoms with van der Waals surface area (Å²) in [6.07, 6.45) is 6.81. The Hall–Kier alpha value is -1.78. The molecular weight excluding hydrogens is 271 g/mol. The van der Waals surface area contributed by atoms with Gasteiger partial charge in [0, 0.05) is 6.04 Å². The molecule has 0 bridgehead atoms. The maximum absolute atomic E-state index is 13.4. The first kappa shape index (κ1) is 15.6. The van der Waals surface area contributed by atoms with Crippen molar-refractivity contribution in [3.05, 3.63) is 23.5 Å². The number of carboxylic acids is 1. The first-order chi connectivity index (χ1) is 10.0. The fourth-order valence-electron chi connectivity index (χ4n) is 3.17. The molecule has 0 amide bonds. The van der Waals surface area contributed by atoms with Gasteiger partial charge in [-0.15, -0.1) is 0 Å². The summed E-state index contributed by atoms with van der Waals surface area (Å²) in [5, 5.41) is 12.5. The molecule has 0 saturated heterocycles. The lowest BCUT2D eigenvalue weighted by Crippen LogP contribution is -2.27. The van der Waals surface area contributed by atoms with E-state index in [1.165, 1.54) is 25.0 Å². The van der Waals surface area contributed by atoms with Crippen LogP contribution < -0.4 is 11.1 Å². The van der Waals surface area contributed by atoms with E-state index in [1.54, 1.807) is 0 Å². The van der Waals surface area contributed by atoms with Crippen molar-refractivity contribution in [1.82, 2.24) is 0 Å². The molecule has 2 rings (SSSR count). The van der Waals surface area contributed by atoms with Crippen LogP contribution in [0.4, 0.5) is 15.8 Å². The smallest absolute Gasteiger partial charge is 0.340 e. The summed E-state index contributed by atoms with van der Waals surface area (Å²) in [5.41, 5.74) is 5.51. The quantitative estimate of drug-likeness (QED) is 0.720. The summed E-state index contributed by atoms with van der Waals surface area (Å²) >= 11 is 0. The molecule has 0 heterocycles. The van der Waals surface area contributed by atoms with Crippen LogP contribution >= 0.6 is 0 Å². The molecule has 0 atom stereocenters. The molecule has 0 unspecified atom stereocenters. The molecule has 4 N–H and O–H groups in total. The van der Waals surface area contributed by atoms with Gasteiger partial charge >= 0.3 is 5.97 Å². The Bertz CT molecular complexity index is 511. The van der Waals surface area contributed by atoms with E-state index in [2.05, 4.69) is 12.2 Å². The van der Waals surface area contributed by atoms with Gasteiger partial charge in [0.05, 0.1) is 11.4 Å². The summed E-state index contributed by atoms with van der Waals surface area (Å²) < 4.78 is 13.4. The number of benzene rings is 1. The normalized spacial score (nSPS) is 22.0. The van der Waals surface area contributed by atoms with Crippen molar-refractivity contribution in [3.8, 4) is 0 Å². The van der Waals surface area contributed by atoms with Crippen LogP contribution in [0.25, 0.3) is 0 Å². The molecule has 0 aromatic heterocycles. The first-order valence-corrected chi connectivity index (χ1v) is 7.60. The van der Waals surface area contributed by atoms with E-state index in [4.69, 9.17) is 5.73 Å². The Morgan fingerprint density at radius 3 is 2.62 bits per heavy atom. The van der Waals surface area contributed by atoms with Gasteiger partial charge in [0.1, 0.15) is 11.4 Å². The highest BCUT2D eigenvalue weighted by molar-refractivity contribution is 6.00. The van der Waals surface area contributed by atoms with Gasteiger partial charge in [0.25, 0.3) is 0 Å². The molecule has 1 aromatic rings. The maximum atomic E-state index is 13.4. The van der Waals surface area contributed by atoms with Crippen LogP contribution in [0.15, 0.2) is 12.1 Å². The van der Waals surface area contributed by atoms with E-state index >= 15 is 0 Å². The molecule has 1 aromatic carbocycles. The maximum Gasteiger partial charge on any atom is 0.340 e. The lowest BCUT2D eigenvalue weighted by atomic mass is 9.83.